The number of nitrogens with zero attached hydrogens (tertiary/aromatic N) is 1. The van der Waals surface area contributed by atoms with Gasteiger partial charge in [0.1, 0.15) is 11.5 Å². The number of hydrogen-bond donors (Lipinski definition) is 0. The SMILES string of the molecule is COc1ccc(-c2c(-c3ccc(N(C)C)cc3)sc3cc(-c4ccccc4)oc23)cc1. The molecule has 3 aromatic carbocycles. The molecule has 0 aliphatic carbocycles. The van der Waals surface area contributed by atoms with Crippen molar-refractivity contribution in [2.45, 2.75) is 0 Å². The first-order valence-electron chi connectivity index (χ1n) is 10.2. The van der Waals surface area contributed by atoms with E-state index in [2.05, 4.69) is 73.6 Å². The topological polar surface area (TPSA) is 25.6 Å². The zero-order chi connectivity index (χ0) is 21.4. The second-order valence-corrected chi connectivity index (χ2v) is 8.70. The highest BCUT2D eigenvalue weighted by atomic mass is 32.1. The molecular weight excluding hydrogens is 402 g/mol. The van der Waals surface area contributed by atoms with Gasteiger partial charge < -0.3 is 14.1 Å². The maximum absolute atomic E-state index is 6.43. The van der Waals surface area contributed by atoms with Crippen molar-refractivity contribution in [3.8, 4) is 38.6 Å². The van der Waals surface area contributed by atoms with E-state index >= 15 is 0 Å². The highest BCUT2D eigenvalue weighted by Crippen LogP contribution is 2.47. The van der Waals surface area contributed by atoms with Gasteiger partial charge in [-0.1, -0.05) is 54.6 Å². The third kappa shape index (κ3) is 3.60. The third-order valence-corrected chi connectivity index (χ3v) is 6.61. The molecule has 0 radical (unpaired) electrons. The molecule has 4 heteroatoms. The Balaban J connectivity index is 1.69. The Morgan fingerprint density at radius 3 is 2.10 bits per heavy atom. The van der Waals surface area contributed by atoms with E-state index in [1.165, 1.54) is 16.1 Å². The van der Waals surface area contributed by atoms with E-state index < -0.39 is 0 Å². The number of rotatable bonds is 5. The fourth-order valence-electron chi connectivity index (χ4n) is 3.77. The van der Waals surface area contributed by atoms with Crippen LogP contribution >= 0.6 is 11.3 Å². The Morgan fingerprint density at radius 2 is 1.45 bits per heavy atom. The molecule has 31 heavy (non-hydrogen) atoms. The Morgan fingerprint density at radius 1 is 0.774 bits per heavy atom. The third-order valence-electron chi connectivity index (χ3n) is 5.45. The van der Waals surface area contributed by atoms with Gasteiger partial charge in [0.05, 0.1) is 11.8 Å². The van der Waals surface area contributed by atoms with E-state index in [-0.39, 0.29) is 0 Å². The molecule has 0 aliphatic heterocycles. The molecule has 2 heterocycles. The normalized spacial score (nSPS) is 11.1. The number of furan rings is 1. The lowest BCUT2D eigenvalue weighted by atomic mass is 10.0. The van der Waals surface area contributed by atoms with Crippen LogP contribution in [0.2, 0.25) is 0 Å². The molecule has 5 rings (SSSR count). The summed E-state index contributed by atoms with van der Waals surface area (Å²) in [6.45, 7) is 0. The van der Waals surface area contributed by atoms with Crippen molar-refractivity contribution in [2.75, 3.05) is 26.1 Å². The largest absolute Gasteiger partial charge is 0.497 e. The summed E-state index contributed by atoms with van der Waals surface area (Å²) in [7, 11) is 5.80. The summed E-state index contributed by atoms with van der Waals surface area (Å²) in [4.78, 5) is 3.32. The van der Waals surface area contributed by atoms with Gasteiger partial charge in [0.25, 0.3) is 0 Å². The molecule has 154 valence electrons. The summed E-state index contributed by atoms with van der Waals surface area (Å²) in [6.07, 6.45) is 0. The van der Waals surface area contributed by atoms with Gasteiger partial charge in [-0.05, 0) is 35.4 Å². The van der Waals surface area contributed by atoms with Crippen molar-refractivity contribution >= 4 is 27.3 Å². The number of anilines is 1. The minimum atomic E-state index is 0.844. The number of benzene rings is 3. The van der Waals surface area contributed by atoms with Gasteiger partial charge in [0.15, 0.2) is 5.58 Å². The summed E-state index contributed by atoms with van der Waals surface area (Å²) >= 11 is 1.77. The van der Waals surface area contributed by atoms with Crippen LogP contribution in [0.1, 0.15) is 0 Å². The van der Waals surface area contributed by atoms with Gasteiger partial charge in [-0.2, -0.15) is 0 Å². The van der Waals surface area contributed by atoms with Crippen molar-refractivity contribution in [3.63, 3.8) is 0 Å². The maximum atomic E-state index is 6.43. The second-order valence-electron chi connectivity index (χ2n) is 7.65. The average molecular weight is 426 g/mol. The van der Waals surface area contributed by atoms with Crippen molar-refractivity contribution in [1.82, 2.24) is 0 Å². The average Bonchev–Trinajstić information content (AvgIpc) is 3.38. The summed E-state index contributed by atoms with van der Waals surface area (Å²) in [5.41, 5.74) is 6.63. The molecule has 0 fully saturated rings. The van der Waals surface area contributed by atoms with E-state index in [1.54, 1.807) is 18.4 Å². The van der Waals surface area contributed by atoms with Crippen LogP contribution in [0.5, 0.6) is 5.75 Å². The van der Waals surface area contributed by atoms with Gasteiger partial charge in [-0.3, -0.25) is 0 Å². The molecule has 0 saturated heterocycles. The highest BCUT2D eigenvalue weighted by molar-refractivity contribution is 7.23. The lowest BCUT2D eigenvalue weighted by Crippen LogP contribution is -2.07. The predicted octanol–water partition coefficient (Wildman–Crippen LogP) is 7.57. The Labute approximate surface area is 186 Å². The van der Waals surface area contributed by atoms with Crippen LogP contribution in [0.15, 0.2) is 89.3 Å². The van der Waals surface area contributed by atoms with Crippen molar-refractivity contribution < 1.29 is 9.15 Å². The maximum Gasteiger partial charge on any atom is 0.154 e. The molecule has 0 spiro atoms. The zero-order valence-corrected chi connectivity index (χ0v) is 18.6. The smallest absolute Gasteiger partial charge is 0.154 e. The number of hydrogen-bond acceptors (Lipinski definition) is 4. The summed E-state index contributed by atoms with van der Waals surface area (Å²) < 4.78 is 12.9. The van der Waals surface area contributed by atoms with Crippen LogP contribution < -0.4 is 9.64 Å². The van der Waals surface area contributed by atoms with Crippen molar-refractivity contribution in [3.05, 3.63) is 84.9 Å². The number of thiophene rings is 1. The number of ether oxygens (including phenoxy) is 1. The first-order valence-corrected chi connectivity index (χ1v) is 11.0. The minimum absolute atomic E-state index is 0.844. The Hall–Kier alpha value is -3.50. The molecule has 5 aromatic rings. The summed E-state index contributed by atoms with van der Waals surface area (Å²) in [6, 6.07) is 29.3. The molecule has 0 N–H and O–H groups in total. The molecular formula is C27H23NO2S. The van der Waals surface area contributed by atoms with Crippen LogP contribution in [-0.2, 0) is 0 Å². The van der Waals surface area contributed by atoms with Crippen molar-refractivity contribution in [1.29, 1.82) is 0 Å². The first-order chi connectivity index (χ1) is 15.1. The van der Waals surface area contributed by atoms with Crippen LogP contribution in [0.25, 0.3) is 43.2 Å². The Kier molecular flexibility index (Phi) is 5.00. The number of methoxy groups -OCH3 is 1. The van der Waals surface area contributed by atoms with Crippen LogP contribution in [0.4, 0.5) is 5.69 Å². The standard InChI is InChI=1S/C27H23NO2S/c1-28(2)21-13-9-20(10-14-21)27-25(19-11-15-22(29-3)16-12-19)26-24(31-27)17-23(30-26)18-7-5-4-6-8-18/h4-17H,1-3H3. The molecule has 0 saturated carbocycles. The molecule has 2 aromatic heterocycles. The predicted molar refractivity (Wildman–Crippen MR) is 131 cm³/mol. The number of fused-ring (bicyclic) bond motifs is 1. The molecule has 3 nitrogen and oxygen atoms in total. The van der Waals surface area contributed by atoms with Crippen LogP contribution in [0.3, 0.4) is 0 Å². The van der Waals surface area contributed by atoms with Gasteiger partial charge in [0.2, 0.25) is 0 Å². The zero-order valence-electron chi connectivity index (χ0n) is 17.8. The fraction of sp³-hybridized carbons (Fsp3) is 0.111. The second kappa shape index (κ2) is 7.97. The first kappa shape index (κ1) is 19.5. The summed E-state index contributed by atoms with van der Waals surface area (Å²) in [5, 5.41) is 0. The van der Waals surface area contributed by atoms with Gasteiger partial charge in [-0.15, -0.1) is 11.3 Å². The van der Waals surface area contributed by atoms with Crippen LogP contribution in [-0.4, -0.2) is 21.2 Å². The van der Waals surface area contributed by atoms with E-state index in [0.29, 0.717) is 0 Å². The molecule has 0 aliphatic rings. The minimum Gasteiger partial charge on any atom is -0.497 e. The van der Waals surface area contributed by atoms with E-state index in [4.69, 9.17) is 9.15 Å². The highest BCUT2D eigenvalue weighted by Gasteiger charge is 2.20. The van der Waals surface area contributed by atoms with Gasteiger partial charge in [-0.25, -0.2) is 0 Å². The molecule has 0 atom stereocenters. The fourth-order valence-corrected chi connectivity index (χ4v) is 4.96. The lowest BCUT2D eigenvalue weighted by Gasteiger charge is -2.13. The molecule has 0 bridgehead atoms. The lowest BCUT2D eigenvalue weighted by molar-refractivity contribution is 0.415. The van der Waals surface area contributed by atoms with E-state index in [1.807, 2.05) is 30.3 Å². The van der Waals surface area contributed by atoms with Gasteiger partial charge >= 0.3 is 0 Å². The summed E-state index contributed by atoms with van der Waals surface area (Å²) in [5.74, 6) is 1.74. The Bertz CT molecular complexity index is 1310. The van der Waals surface area contributed by atoms with Gasteiger partial charge in [0, 0.05) is 41.9 Å². The van der Waals surface area contributed by atoms with E-state index in [0.717, 1.165) is 38.5 Å². The monoisotopic (exact) mass is 425 g/mol. The van der Waals surface area contributed by atoms with E-state index in [9.17, 15) is 0 Å². The molecule has 0 unspecified atom stereocenters. The molecule has 0 amide bonds. The quantitative estimate of drug-likeness (QED) is 0.290. The van der Waals surface area contributed by atoms with Crippen molar-refractivity contribution in [2.24, 2.45) is 0 Å². The van der Waals surface area contributed by atoms with Crippen LogP contribution in [0, 0.1) is 0 Å².